The van der Waals surface area contributed by atoms with Crippen LogP contribution in [-0.4, -0.2) is 33.3 Å². The highest BCUT2D eigenvalue weighted by Gasteiger charge is 2.06. The summed E-state index contributed by atoms with van der Waals surface area (Å²) in [7, 11) is 0. The van der Waals surface area contributed by atoms with Crippen LogP contribution in [-0.2, 0) is 16.0 Å². The van der Waals surface area contributed by atoms with Crippen molar-refractivity contribution in [3.63, 3.8) is 0 Å². The lowest BCUT2D eigenvalue weighted by atomic mass is 10.3. The summed E-state index contributed by atoms with van der Waals surface area (Å²) < 4.78 is 14.5. The maximum Gasteiger partial charge on any atom is 0.303 e. The molecule has 6 nitrogen and oxygen atoms in total. The average Bonchev–Trinajstić information content (AvgIpc) is 2.95. The molecule has 0 spiro atoms. The minimum Gasteiger partial charge on any atom is -0.481 e. The van der Waals surface area contributed by atoms with Crippen LogP contribution in [0.4, 0.5) is 4.39 Å². The Labute approximate surface area is 126 Å². The van der Waals surface area contributed by atoms with Gasteiger partial charge in [-0.2, -0.15) is 5.10 Å². The Hall–Kier alpha value is -2.70. The highest BCUT2D eigenvalue weighted by Crippen LogP contribution is 2.09. The SMILES string of the molecule is O=C(O)CCC(=O)NCCc1ccn(-c2ccc(F)cc2)n1. The Morgan fingerprint density at radius 2 is 1.91 bits per heavy atom. The molecule has 7 heteroatoms. The van der Waals surface area contributed by atoms with Crippen LogP contribution < -0.4 is 5.32 Å². The number of hydrogen-bond donors (Lipinski definition) is 2. The topological polar surface area (TPSA) is 84.2 Å². The molecule has 1 heterocycles. The number of hydrogen-bond acceptors (Lipinski definition) is 3. The van der Waals surface area contributed by atoms with Gasteiger partial charge in [0.1, 0.15) is 5.82 Å². The molecule has 0 atom stereocenters. The van der Waals surface area contributed by atoms with Gasteiger partial charge in [-0.15, -0.1) is 0 Å². The Balaban J connectivity index is 1.81. The molecule has 2 rings (SSSR count). The van der Waals surface area contributed by atoms with Crippen LogP contribution in [0.1, 0.15) is 18.5 Å². The fraction of sp³-hybridized carbons (Fsp3) is 0.267. The highest BCUT2D eigenvalue weighted by atomic mass is 19.1. The largest absolute Gasteiger partial charge is 0.481 e. The predicted molar refractivity (Wildman–Crippen MR) is 77.1 cm³/mol. The van der Waals surface area contributed by atoms with E-state index in [-0.39, 0.29) is 24.6 Å². The second-order valence-electron chi connectivity index (χ2n) is 4.72. The first-order chi connectivity index (χ1) is 10.5. The standard InChI is InChI=1S/C15H16FN3O3/c16-11-1-3-13(4-2-11)19-10-8-12(18-19)7-9-17-14(20)5-6-15(21)22/h1-4,8,10H,5-7,9H2,(H,17,20)(H,21,22). The maximum absolute atomic E-state index is 12.9. The van der Waals surface area contributed by atoms with Gasteiger partial charge in [-0.25, -0.2) is 9.07 Å². The zero-order valence-corrected chi connectivity index (χ0v) is 11.8. The third kappa shape index (κ3) is 4.69. The van der Waals surface area contributed by atoms with Gasteiger partial charge >= 0.3 is 5.97 Å². The van der Waals surface area contributed by atoms with Crippen LogP contribution >= 0.6 is 0 Å². The van der Waals surface area contributed by atoms with Crippen molar-refractivity contribution < 1.29 is 19.1 Å². The zero-order valence-electron chi connectivity index (χ0n) is 11.8. The molecule has 2 N–H and O–H groups in total. The molecule has 116 valence electrons. The minimum absolute atomic E-state index is 0.0284. The van der Waals surface area contributed by atoms with E-state index in [1.807, 2.05) is 6.07 Å². The van der Waals surface area contributed by atoms with Crippen LogP contribution in [0.25, 0.3) is 5.69 Å². The second kappa shape index (κ2) is 7.35. The van der Waals surface area contributed by atoms with Crippen LogP contribution in [0.5, 0.6) is 0 Å². The molecule has 1 aromatic heterocycles. The number of carbonyl (C=O) groups is 2. The van der Waals surface area contributed by atoms with Crippen molar-refractivity contribution >= 4 is 11.9 Å². The first-order valence-corrected chi connectivity index (χ1v) is 6.83. The Morgan fingerprint density at radius 3 is 2.59 bits per heavy atom. The molecule has 0 fully saturated rings. The molecule has 0 aliphatic heterocycles. The van der Waals surface area contributed by atoms with Crippen molar-refractivity contribution in [2.45, 2.75) is 19.3 Å². The molecule has 0 bridgehead atoms. The number of halogens is 1. The summed E-state index contributed by atoms with van der Waals surface area (Å²) in [6.07, 6.45) is 2.09. The number of rotatable bonds is 7. The summed E-state index contributed by atoms with van der Waals surface area (Å²) >= 11 is 0. The molecule has 0 radical (unpaired) electrons. The van der Waals surface area contributed by atoms with Crippen molar-refractivity contribution in [3.05, 3.63) is 48.0 Å². The van der Waals surface area contributed by atoms with Gasteiger partial charge in [0.2, 0.25) is 5.91 Å². The van der Waals surface area contributed by atoms with E-state index in [1.165, 1.54) is 12.1 Å². The van der Waals surface area contributed by atoms with E-state index in [4.69, 9.17) is 5.11 Å². The van der Waals surface area contributed by atoms with Gasteiger partial charge in [0.15, 0.2) is 0 Å². The summed E-state index contributed by atoms with van der Waals surface area (Å²) in [5.41, 5.74) is 1.53. The van der Waals surface area contributed by atoms with Gasteiger partial charge in [-0.1, -0.05) is 0 Å². The van der Waals surface area contributed by atoms with Gasteiger partial charge in [-0.3, -0.25) is 9.59 Å². The summed E-state index contributed by atoms with van der Waals surface area (Å²) in [4.78, 5) is 21.7. The van der Waals surface area contributed by atoms with E-state index in [0.29, 0.717) is 13.0 Å². The van der Waals surface area contributed by atoms with E-state index in [9.17, 15) is 14.0 Å². The first-order valence-electron chi connectivity index (χ1n) is 6.83. The number of nitrogens with zero attached hydrogens (tertiary/aromatic N) is 2. The number of benzene rings is 1. The molecule has 0 aliphatic rings. The van der Waals surface area contributed by atoms with E-state index in [1.54, 1.807) is 23.0 Å². The number of amides is 1. The number of nitrogens with one attached hydrogen (secondary N) is 1. The molecule has 1 aromatic carbocycles. The van der Waals surface area contributed by atoms with E-state index in [0.717, 1.165) is 11.4 Å². The van der Waals surface area contributed by atoms with E-state index >= 15 is 0 Å². The van der Waals surface area contributed by atoms with E-state index < -0.39 is 5.97 Å². The monoisotopic (exact) mass is 305 g/mol. The molecular weight excluding hydrogens is 289 g/mol. The fourth-order valence-electron chi connectivity index (χ4n) is 1.87. The van der Waals surface area contributed by atoms with Crippen molar-refractivity contribution in [2.24, 2.45) is 0 Å². The van der Waals surface area contributed by atoms with Crippen LogP contribution in [0.15, 0.2) is 36.5 Å². The second-order valence-corrected chi connectivity index (χ2v) is 4.72. The lowest BCUT2D eigenvalue weighted by molar-refractivity contribution is -0.138. The van der Waals surface area contributed by atoms with Gasteiger partial charge in [0.05, 0.1) is 17.8 Å². The summed E-state index contributed by atoms with van der Waals surface area (Å²) in [5, 5.41) is 15.4. The predicted octanol–water partition coefficient (Wildman–Crippen LogP) is 1.53. The van der Waals surface area contributed by atoms with Crippen LogP contribution in [0, 0.1) is 5.82 Å². The van der Waals surface area contributed by atoms with Crippen LogP contribution in [0.2, 0.25) is 0 Å². The molecule has 0 saturated carbocycles. The van der Waals surface area contributed by atoms with E-state index in [2.05, 4.69) is 10.4 Å². The highest BCUT2D eigenvalue weighted by molar-refractivity contribution is 5.80. The molecule has 2 aromatic rings. The summed E-state index contributed by atoms with van der Waals surface area (Å²) in [5.74, 6) is -1.59. The Bertz CT molecular complexity index is 652. The molecule has 0 saturated heterocycles. The molecule has 0 unspecified atom stereocenters. The lowest BCUT2D eigenvalue weighted by Gasteiger charge is -2.03. The van der Waals surface area contributed by atoms with Gasteiger partial charge in [0, 0.05) is 25.6 Å². The lowest BCUT2D eigenvalue weighted by Crippen LogP contribution is -2.26. The normalized spacial score (nSPS) is 10.4. The number of carbonyl (C=O) groups excluding carboxylic acids is 1. The number of carboxylic acids is 1. The minimum atomic E-state index is -0.992. The average molecular weight is 305 g/mol. The zero-order chi connectivity index (χ0) is 15.9. The third-order valence-corrected chi connectivity index (χ3v) is 3.00. The van der Waals surface area contributed by atoms with Gasteiger partial charge in [0.25, 0.3) is 0 Å². The molecular formula is C15H16FN3O3. The number of aliphatic carboxylic acids is 1. The van der Waals surface area contributed by atoms with Crippen molar-refractivity contribution in [2.75, 3.05) is 6.54 Å². The van der Waals surface area contributed by atoms with Crippen LogP contribution in [0.3, 0.4) is 0 Å². The Morgan fingerprint density at radius 1 is 1.18 bits per heavy atom. The summed E-state index contributed by atoms with van der Waals surface area (Å²) in [6.45, 7) is 0.388. The summed E-state index contributed by atoms with van der Waals surface area (Å²) in [6, 6.07) is 7.78. The maximum atomic E-state index is 12.9. The quantitative estimate of drug-likeness (QED) is 0.812. The Kier molecular flexibility index (Phi) is 5.24. The number of aromatic nitrogens is 2. The molecule has 1 amide bonds. The first kappa shape index (κ1) is 15.7. The van der Waals surface area contributed by atoms with Crippen molar-refractivity contribution in [3.8, 4) is 5.69 Å². The molecule has 22 heavy (non-hydrogen) atoms. The number of carboxylic acid groups (broad SMARTS) is 1. The smallest absolute Gasteiger partial charge is 0.303 e. The third-order valence-electron chi connectivity index (χ3n) is 3.00. The van der Waals surface area contributed by atoms with Gasteiger partial charge in [-0.05, 0) is 30.3 Å². The van der Waals surface area contributed by atoms with Crippen molar-refractivity contribution in [1.29, 1.82) is 0 Å². The van der Waals surface area contributed by atoms with Gasteiger partial charge < -0.3 is 10.4 Å². The molecule has 0 aliphatic carbocycles. The fourth-order valence-corrected chi connectivity index (χ4v) is 1.87. The van der Waals surface area contributed by atoms with Crippen molar-refractivity contribution in [1.82, 2.24) is 15.1 Å².